The molecule has 4 aliphatic carbocycles. The van der Waals surface area contributed by atoms with Gasteiger partial charge in [0.1, 0.15) is 0 Å². The minimum absolute atomic E-state index is 0.0826. The Kier molecular flexibility index (Phi) is 5.99. The minimum atomic E-state index is -0.564. The monoisotopic (exact) mass is 418 g/mol. The Morgan fingerprint density at radius 3 is 2.60 bits per heavy atom. The topological polar surface area (TPSA) is 60.7 Å². The van der Waals surface area contributed by atoms with E-state index in [2.05, 4.69) is 26.8 Å². The smallest absolute Gasteiger partial charge is 0.0591 e. The van der Waals surface area contributed by atoms with Crippen LogP contribution in [-0.4, -0.2) is 33.1 Å². The Hall–Kier alpha value is -0.380. The summed E-state index contributed by atoms with van der Waals surface area (Å²) in [6, 6.07) is 0. The van der Waals surface area contributed by atoms with E-state index in [4.69, 9.17) is 0 Å². The first kappa shape index (κ1) is 22.8. The van der Waals surface area contributed by atoms with Crippen molar-refractivity contribution in [2.75, 3.05) is 0 Å². The predicted octanol–water partition coefficient (Wildman–Crippen LogP) is 5.47. The zero-order chi connectivity index (χ0) is 21.9. The molecule has 0 radical (unpaired) electrons. The molecule has 4 aliphatic rings. The highest BCUT2D eigenvalue weighted by Crippen LogP contribution is 2.67. The molecule has 0 bridgehead atoms. The lowest BCUT2D eigenvalue weighted by Crippen LogP contribution is -2.56. The Bertz CT molecular complexity index is 664. The molecule has 0 amide bonds. The van der Waals surface area contributed by atoms with Gasteiger partial charge in [-0.15, -0.1) is 0 Å². The molecule has 3 nitrogen and oxygen atoms in total. The van der Waals surface area contributed by atoms with Gasteiger partial charge in [-0.2, -0.15) is 0 Å². The predicted molar refractivity (Wildman–Crippen MR) is 122 cm³/mol. The summed E-state index contributed by atoms with van der Waals surface area (Å²) in [5, 5.41) is 31.8. The average molecular weight is 419 g/mol. The van der Waals surface area contributed by atoms with Crippen LogP contribution in [-0.2, 0) is 0 Å². The number of hydrogen-bond donors (Lipinski definition) is 3. The maximum atomic E-state index is 11.5. The summed E-state index contributed by atoms with van der Waals surface area (Å²) in [5.74, 6) is 3.02. The first-order chi connectivity index (χ1) is 14.0. The lowest BCUT2D eigenvalue weighted by Gasteiger charge is -2.60. The van der Waals surface area contributed by atoms with Crippen LogP contribution in [0.2, 0.25) is 0 Å². The molecule has 3 fully saturated rings. The van der Waals surface area contributed by atoms with Gasteiger partial charge in [0.2, 0.25) is 0 Å². The zero-order valence-corrected chi connectivity index (χ0v) is 20.0. The summed E-state index contributed by atoms with van der Waals surface area (Å²) >= 11 is 0. The maximum absolute atomic E-state index is 11.5. The Morgan fingerprint density at radius 1 is 1.17 bits per heavy atom. The van der Waals surface area contributed by atoms with E-state index in [-0.39, 0.29) is 23.0 Å². The largest absolute Gasteiger partial charge is 0.393 e. The standard InChI is InChI=1S/C27H46O3/c1-17(7-6-13-25(2,3)30)21-10-11-22-20-9-8-18-15-19(28)12-14-26(18,4)24(20)23(29)16-27(21,22)5/h8,17,19-24,28-30H,6-7,9-16H2,1-5H3/t17-,19+,20+,21-,22+,23-,24-,26+,27-/m1/s1. The van der Waals surface area contributed by atoms with E-state index in [1.54, 1.807) is 0 Å². The molecule has 9 atom stereocenters. The molecule has 0 aromatic heterocycles. The van der Waals surface area contributed by atoms with Crippen molar-refractivity contribution in [3.8, 4) is 0 Å². The van der Waals surface area contributed by atoms with Crippen molar-refractivity contribution >= 4 is 0 Å². The minimum Gasteiger partial charge on any atom is -0.393 e. The SMILES string of the molecule is C[C@H](CCCC(C)(C)O)[C@H]1CC[C@H]2[C@@H]3CC=C4C[C@@H](O)CC[C@]4(C)[C@H]3[C@H](O)C[C@]12C. The second kappa shape index (κ2) is 7.89. The third-order valence-corrected chi connectivity index (χ3v) is 10.2. The van der Waals surface area contributed by atoms with Gasteiger partial charge in [-0.05, 0) is 106 Å². The van der Waals surface area contributed by atoms with E-state index in [0.29, 0.717) is 29.6 Å². The van der Waals surface area contributed by atoms with Crippen LogP contribution in [0.3, 0.4) is 0 Å². The van der Waals surface area contributed by atoms with Gasteiger partial charge in [0.15, 0.2) is 0 Å². The molecule has 4 rings (SSSR count). The normalized spacial score (nSPS) is 47.1. The molecule has 3 heteroatoms. The van der Waals surface area contributed by atoms with Crippen molar-refractivity contribution in [1.29, 1.82) is 0 Å². The number of allylic oxidation sites excluding steroid dienone is 1. The van der Waals surface area contributed by atoms with Gasteiger partial charge in [0.25, 0.3) is 0 Å². The van der Waals surface area contributed by atoms with Crippen molar-refractivity contribution in [3.05, 3.63) is 11.6 Å². The van der Waals surface area contributed by atoms with Gasteiger partial charge < -0.3 is 15.3 Å². The number of hydrogen-bond acceptors (Lipinski definition) is 3. The van der Waals surface area contributed by atoms with E-state index in [1.165, 1.54) is 24.8 Å². The van der Waals surface area contributed by atoms with Gasteiger partial charge in [-0.3, -0.25) is 0 Å². The molecule has 0 aromatic carbocycles. The second-order valence-electron chi connectivity index (χ2n) is 12.7. The van der Waals surface area contributed by atoms with Crippen molar-refractivity contribution in [1.82, 2.24) is 0 Å². The fourth-order valence-electron chi connectivity index (χ4n) is 8.80. The lowest BCUT2D eigenvalue weighted by atomic mass is 9.46. The molecule has 0 spiro atoms. The zero-order valence-electron chi connectivity index (χ0n) is 20.0. The maximum Gasteiger partial charge on any atom is 0.0591 e. The lowest BCUT2D eigenvalue weighted by molar-refractivity contribution is -0.129. The van der Waals surface area contributed by atoms with Crippen molar-refractivity contribution in [2.24, 2.45) is 40.4 Å². The van der Waals surface area contributed by atoms with E-state index in [1.807, 2.05) is 13.8 Å². The van der Waals surface area contributed by atoms with Crippen molar-refractivity contribution in [2.45, 2.75) is 117 Å². The first-order valence-electron chi connectivity index (χ1n) is 12.7. The molecule has 0 saturated heterocycles. The first-order valence-corrected chi connectivity index (χ1v) is 12.7. The number of aliphatic hydroxyl groups excluding tert-OH is 2. The molecule has 0 aromatic rings. The van der Waals surface area contributed by atoms with Crippen LogP contribution >= 0.6 is 0 Å². The summed E-state index contributed by atoms with van der Waals surface area (Å²) < 4.78 is 0. The van der Waals surface area contributed by atoms with Crippen LogP contribution in [0, 0.1) is 40.4 Å². The van der Waals surface area contributed by atoms with Crippen molar-refractivity contribution in [3.63, 3.8) is 0 Å². The van der Waals surface area contributed by atoms with Gasteiger partial charge >= 0.3 is 0 Å². The third-order valence-electron chi connectivity index (χ3n) is 10.2. The molecule has 3 N–H and O–H groups in total. The van der Waals surface area contributed by atoms with E-state index in [9.17, 15) is 15.3 Å². The van der Waals surface area contributed by atoms with E-state index < -0.39 is 5.60 Å². The third kappa shape index (κ3) is 3.82. The summed E-state index contributed by atoms with van der Waals surface area (Å²) in [6.07, 6.45) is 12.6. The van der Waals surface area contributed by atoms with Gasteiger partial charge in [-0.1, -0.05) is 45.3 Å². The molecule has 0 heterocycles. The quantitative estimate of drug-likeness (QED) is 0.519. The van der Waals surface area contributed by atoms with E-state index >= 15 is 0 Å². The fraction of sp³-hybridized carbons (Fsp3) is 0.926. The summed E-state index contributed by atoms with van der Waals surface area (Å²) in [7, 11) is 0. The molecule has 3 saturated carbocycles. The molecule has 0 aliphatic heterocycles. The Morgan fingerprint density at radius 2 is 1.90 bits per heavy atom. The van der Waals surface area contributed by atoms with Crippen LogP contribution in [0.15, 0.2) is 11.6 Å². The van der Waals surface area contributed by atoms with Crippen LogP contribution in [0.1, 0.15) is 98.8 Å². The van der Waals surface area contributed by atoms with E-state index in [0.717, 1.165) is 44.9 Å². The molecule has 172 valence electrons. The van der Waals surface area contributed by atoms with Crippen LogP contribution in [0.4, 0.5) is 0 Å². The highest BCUT2D eigenvalue weighted by atomic mass is 16.3. The van der Waals surface area contributed by atoms with Crippen LogP contribution in [0.5, 0.6) is 0 Å². The van der Waals surface area contributed by atoms with Crippen molar-refractivity contribution < 1.29 is 15.3 Å². The Labute approximate surface area is 184 Å². The summed E-state index contributed by atoms with van der Waals surface area (Å²) in [4.78, 5) is 0. The van der Waals surface area contributed by atoms with Gasteiger partial charge in [0.05, 0.1) is 17.8 Å². The highest BCUT2D eigenvalue weighted by Gasteiger charge is 2.61. The second-order valence-corrected chi connectivity index (χ2v) is 12.7. The molecular weight excluding hydrogens is 372 g/mol. The number of aliphatic hydroxyl groups is 3. The number of rotatable bonds is 5. The molecular formula is C27H46O3. The molecule has 30 heavy (non-hydrogen) atoms. The average Bonchev–Trinajstić information content (AvgIpc) is 2.97. The highest BCUT2D eigenvalue weighted by molar-refractivity contribution is 5.26. The summed E-state index contributed by atoms with van der Waals surface area (Å²) in [5.41, 5.74) is 1.19. The summed E-state index contributed by atoms with van der Waals surface area (Å²) in [6.45, 7) is 11.1. The molecule has 0 unspecified atom stereocenters. The van der Waals surface area contributed by atoms with Crippen LogP contribution < -0.4 is 0 Å². The number of fused-ring (bicyclic) bond motifs is 5. The van der Waals surface area contributed by atoms with Crippen LogP contribution in [0.25, 0.3) is 0 Å². The Balaban J connectivity index is 1.52. The van der Waals surface area contributed by atoms with Gasteiger partial charge in [-0.25, -0.2) is 0 Å². The van der Waals surface area contributed by atoms with Gasteiger partial charge in [0, 0.05) is 0 Å². The fourth-order valence-corrected chi connectivity index (χ4v) is 8.80.